The molecule has 1 amide bonds. The highest BCUT2D eigenvalue weighted by Gasteiger charge is 2.11. The van der Waals surface area contributed by atoms with Crippen molar-refractivity contribution in [3.05, 3.63) is 48.3 Å². The first kappa shape index (κ1) is 16.0. The lowest BCUT2D eigenvalue weighted by molar-refractivity contribution is -0.119. The molecule has 0 unspecified atom stereocenters. The first-order valence-corrected chi connectivity index (χ1v) is 7.54. The van der Waals surface area contributed by atoms with Gasteiger partial charge in [-0.1, -0.05) is 0 Å². The maximum Gasteiger partial charge on any atom is 0.250 e. The average Bonchev–Trinajstić information content (AvgIpc) is 2.92. The zero-order chi connectivity index (χ0) is 17.1. The summed E-state index contributed by atoms with van der Waals surface area (Å²) < 4.78 is 12.0. The van der Waals surface area contributed by atoms with Crippen LogP contribution in [0.2, 0.25) is 0 Å². The minimum Gasteiger partial charge on any atom is -0.497 e. The van der Waals surface area contributed by atoms with Gasteiger partial charge >= 0.3 is 0 Å². The molecule has 124 valence electrons. The quantitative estimate of drug-likeness (QED) is 0.783. The lowest BCUT2D eigenvalue weighted by atomic mass is 10.1. The maximum absolute atomic E-state index is 11.6. The number of carbonyl (C=O) groups is 1. The van der Waals surface area contributed by atoms with E-state index in [1.165, 1.54) is 7.11 Å². The van der Waals surface area contributed by atoms with E-state index in [0.717, 1.165) is 28.3 Å². The second-order valence-electron chi connectivity index (χ2n) is 5.40. The third kappa shape index (κ3) is 3.09. The summed E-state index contributed by atoms with van der Waals surface area (Å²) in [6, 6.07) is 11.5. The second-order valence-corrected chi connectivity index (χ2v) is 5.40. The topological polar surface area (TPSA) is 64.9 Å². The van der Waals surface area contributed by atoms with Crippen LogP contribution >= 0.6 is 0 Å². The third-order valence-electron chi connectivity index (χ3n) is 3.78. The number of rotatable bonds is 5. The molecule has 24 heavy (non-hydrogen) atoms. The molecule has 0 aliphatic heterocycles. The van der Waals surface area contributed by atoms with Crippen LogP contribution in [0, 0.1) is 6.92 Å². The highest BCUT2D eigenvalue weighted by Crippen LogP contribution is 2.26. The lowest BCUT2D eigenvalue weighted by Crippen LogP contribution is -2.17. The fourth-order valence-corrected chi connectivity index (χ4v) is 2.59. The van der Waals surface area contributed by atoms with Crippen LogP contribution < -0.4 is 10.1 Å². The number of imidazole rings is 1. The van der Waals surface area contributed by atoms with Gasteiger partial charge in [-0.25, -0.2) is 4.98 Å². The predicted molar refractivity (Wildman–Crippen MR) is 92.4 cm³/mol. The highest BCUT2D eigenvalue weighted by atomic mass is 16.5. The number of nitrogens with one attached hydrogen (secondary N) is 1. The molecule has 0 fully saturated rings. The zero-order valence-electron chi connectivity index (χ0n) is 13.9. The van der Waals surface area contributed by atoms with Gasteiger partial charge in [0.2, 0.25) is 5.91 Å². The van der Waals surface area contributed by atoms with E-state index in [2.05, 4.69) is 10.3 Å². The molecule has 3 rings (SSSR count). The summed E-state index contributed by atoms with van der Waals surface area (Å²) in [4.78, 5) is 16.3. The summed E-state index contributed by atoms with van der Waals surface area (Å²) in [5.74, 6) is 0.619. The minimum absolute atomic E-state index is 0.0258. The molecule has 0 spiro atoms. The number of hydrogen-bond donors (Lipinski definition) is 1. The molecule has 0 aliphatic rings. The Bertz CT molecular complexity index is 869. The summed E-state index contributed by atoms with van der Waals surface area (Å²) in [7, 11) is 3.13. The number of fused-ring (bicyclic) bond motifs is 1. The van der Waals surface area contributed by atoms with Gasteiger partial charge in [0, 0.05) is 24.6 Å². The Kier molecular flexibility index (Phi) is 4.48. The summed E-state index contributed by atoms with van der Waals surface area (Å²) in [6.07, 6.45) is 1.86. The molecule has 0 saturated heterocycles. The molecular weight excluding hydrogens is 306 g/mol. The van der Waals surface area contributed by atoms with Crippen LogP contribution in [-0.4, -0.2) is 36.1 Å². The summed E-state index contributed by atoms with van der Waals surface area (Å²) in [5.41, 5.74) is 4.44. The Morgan fingerprint density at radius 2 is 1.92 bits per heavy atom. The Morgan fingerprint density at radius 3 is 2.58 bits per heavy atom. The molecule has 0 saturated carbocycles. The zero-order valence-corrected chi connectivity index (χ0v) is 13.9. The maximum atomic E-state index is 11.6. The molecular formula is C18H19N3O3. The third-order valence-corrected chi connectivity index (χ3v) is 3.78. The second kappa shape index (κ2) is 6.72. The number of carbonyl (C=O) groups excluding carboxylic acids is 1. The largest absolute Gasteiger partial charge is 0.497 e. The van der Waals surface area contributed by atoms with Gasteiger partial charge in [0.25, 0.3) is 0 Å². The van der Waals surface area contributed by atoms with Gasteiger partial charge < -0.3 is 19.2 Å². The molecule has 0 bridgehead atoms. The van der Waals surface area contributed by atoms with Crippen molar-refractivity contribution in [1.82, 2.24) is 9.38 Å². The van der Waals surface area contributed by atoms with Gasteiger partial charge in [0.05, 0.1) is 18.5 Å². The van der Waals surface area contributed by atoms with E-state index in [-0.39, 0.29) is 12.5 Å². The Hall–Kier alpha value is -2.86. The highest BCUT2D eigenvalue weighted by molar-refractivity contribution is 5.91. The number of aromatic nitrogens is 2. The van der Waals surface area contributed by atoms with Gasteiger partial charge in [-0.15, -0.1) is 0 Å². The number of ether oxygens (including phenoxy) is 2. The van der Waals surface area contributed by atoms with Crippen molar-refractivity contribution >= 4 is 17.2 Å². The van der Waals surface area contributed by atoms with Crippen molar-refractivity contribution in [1.29, 1.82) is 0 Å². The van der Waals surface area contributed by atoms with Crippen molar-refractivity contribution in [2.24, 2.45) is 0 Å². The van der Waals surface area contributed by atoms with Crippen molar-refractivity contribution in [2.45, 2.75) is 6.92 Å². The van der Waals surface area contributed by atoms with E-state index in [1.54, 1.807) is 7.11 Å². The van der Waals surface area contributed by atoms with E-state index < -0.39 is 0 Å². The standard InChI is InChI=1S/C18H19N3O3/c1-12-18(13-4-7-15(24-3)8-5-13)20-16-9-6-14(10-21(12)16)19-17(22)11-23-2/h4-10H,11H2,1-3H3,(H,19,22). The van der Waals surface area contributed by atoms with E-state index in [1.807, 2.05) is 53.9 Å². The van der Waals surface area contributed by atoms with Crippen LogP contribution in [0.4, 0.5) is 5.69 Å². The Morgan fingerprint density at radius 1 is 1.17 bits per heavy atom. The molecule has 2 heterocycles. The van der Waals surface area contributed by atoms with Crippen LogP contribution in [-0.2, 0) is 9.53 Å². The fourth-order valence-electron chi connectivity index (χ4n) is 2.59. The van der Waals surface area contributed by atoms with Crippen molar-refractivity contribution < 1.29 is 14.3 Å². The van der Waals surface area contributed by atoms with Crippen LogP contribution in [0.1, 0.15) is 5.69 Å². The number of anilines is 1. The summed E-state index contributed by atoms with van der Waals surface area (Å²) in [5, 5.41) is 2.80. The van der Waals surface area contributed by atoms with Gasteiger partial charge in [0.1, 0.15) is 18.0 Å². The van der Waals surface area contributed by atoms with Gasteiger partial charge in [-0.05, 0) is 43.3 Å². The van der Waals surface area contributed by atoms with Gasteiger partial charge in [0.15, 0.2) is 0 Å². The number of methoxy groups -OCH3 is 2. The van der Waals surface area contributed by atoms with Crippen LogP contribution in [0.15, 0.2) is 42.6 Å². The summed E-state index contributed by atoms with van der Waals surface area (Å²) in [6.45, 7) is 2.03. The van der Waals surface area contributed by atoms with E-state index >= 15 is 0 Å². The number of aryl methyl sites for hydroxylation is 1. The molecule has 2 aromatic heterocycles. The Balaban J connectivity index is 1.96. The lowest BCUT2D eigenvalue weighted by Gasteiger charge is -2.06. The average molecular weight is 325 g/mol. The fraction of sp³-hybridized carbons (Fsp3) is 0.222. The number of nitrogens with zero attached hydrogens (tertiary/aromatic N) is 2. The predicted octanol–water partition coefficient (Wildman–Crippen LogP) is 2.90. The van der Waals surface area contributed by atoms with Crippen molar-refractivity contribution in [3.63, 3.8) is 0 Å². The monoisotopic (exact) mass is 325 g/mol. The molecule has 0 atom stereocenters. The van der Waals surface area contributed by atoms with Crippen LogP contribution in [0.5, 0.6) is 5.75 Å². The SMILES string of the molecule is COCC(=O)Nc1ccc2nc(-c3ccc(OC)cc3)c(C)n2c1. The molecule has 6 heteroatoms. The molecule has 3 aromatic rings. The minimum atomic E-state index is -0.190. The normalized spacial score (nSPS) is 10.8. The molecule has 1 N–H and O–H groups in total. The number of benzene rings is 1. The number of hydrogen-bond acceptors (Lipinski definition) is 4. The molecule has 6 nitrogen and oxygen atoms in total. The first-order valence-electron chi connectivity index (χ1n) is 7.54. The van der Waals surface area contributed by atoms with Crippen molar-refractivity contribution in [2.75, 3.05) is 26.1 Å². The van der Waals surface area contributed by atoms with E-state index in [0.29, 0.717) is 5.69 Å². The van der Waals surface area contributed by atoms with Gasteiger partial charge in [-0.3, -0.25) is 4.79 Å². The number of amides is 1. The molecule has 1 aromatic carbocycles. The number of pyridine rings is 1. The summed E-state index contributed by atoms with van der Waals surface area (Å²) >= 11 is 0. The van der Waals surface area contributed by atoms with Crippen molar-refractivity contribution in [3.8, 4) is 17.0 Å². The molecule has 0 radical (unpaired) electrons. The molecule has 0 aliphatic carbocycles. The van der Waals surface area contributed by atoms with Gasteiger partial charge in [-0.2, -0.15) is 0 Å². The first-order chi connectivity index (χ1) is 11.6. The Labute approximate surface area is 140 Å². The smallest absolute Gasteiger partial charge is 0.250 e. The van der Waals surface area contributed by atoms with E-state index in [9.17, 15) is 4.79 Å². The van der Waals surface area contributed by atoms with E-state index in [4.69, 9.17) is 9.47 Å². The van der Waals surface area contributed by atoms with Crippen LogP contribution in [0.3, 0.4) is 0 Å². The van der Waals surface area contributed by atoms with Crippen LogP contribution in [0.25, 0.3) is 16.9 Å².